The van der Waals surface area contributed by atoms with Gasteiger partial charge < -0.3 is 14.8 Å². The molecule has 4 heteroatoms. The van der Waals surface area contributed by atoms with Gasteiger partial charge in [-0.15, -0.1) is 0 Å². The first-order chi connectivity index (χ1) is 9.56. The third kappa shape index (κ3) is 3.92. The summed E-state index contributed by atoms with van der Waals surface area (Å²) in [5.41, 5.74) is 2.20. The van der Waals surface area contributed by atoms with E-state index >= 15 is 0 Å². The Hall–Kier alpha value is -1.65. The molecule has 1 heterocycles. The molecular formula is C16H22N2O2. The van der Waals surface area contributed by atoms with Crippen molar-refractivity contribution in [3.63, 3.8) is 0 Å². The maximum atomic E-state index is 10.1. The lowest BCUT2D eigenvalue weighted by Crippen LogP contribution is -2.21. The van der Waals surface area contributed by atoms with Gasteiger partial charge in [0.1, 0.15) is 5.76 Å². The Morgan fingerprint density at radius 3 is 2.40 bits per heavy atom. The fraction of sp³-hybridized carbons (Fsp3) is 0.438. The van der Waals surface area contributed by atoms with Crippen LogP contribution in [-0.2, 0) is 6.54 Å². The Morgan fingerprint density at radius 2 is 1.85 bits per heavy atom. The molecule has 2 rings (SSSR count). The fourth-order valence-electron chi connectivity index (χ4n) is 2.02. The molecule has 0 aliphatic carbocycles. The number of benzene rings is 1. The molecular weight excluding hydrogens is 252 g/mol. The molecule has 2 aromatic rings. The first-order valence-corrected chi connectivity index (χ1v) is 6.96. The molecule has 1 atom stereocenters. The molecule has 20 heavy (non-hydrogen) atoms. The van der Waals surface area contributed by atoms with Crippen LogP contribution in [0.4, 0.5) is 0 Å². The molecule has 1 unspecified atom stereocenters. The van der Waals surface area contributed by atoms with Crippen LogP contribution in [0.25, 0.3) is 0 Å². The van der Waals surface area contributed by atoms with Crippen molar-refractivity contribution in [1.82, 2.24) is 10.3 Å². The summed E-state index contributed by atoms with van der Waals surface area (Å²) in [6.07, 6.45) is 1.17. The maximum Gasteiger partial charge on any atom is 0.208 e. The number of hydrogen-bond donors (Lipinski definition) is 2. The van der Waals surface area contributed by atoms with Crippen LogP contribution < -0.4 is 5.32 Å². The topological polar surface area (TPSA) is 58.3 Å². The molecule has 0 bridgehead atoms. The summed E-state index contributed by atoms with van der Waals surface area (Å²) in [6, 6.07) is 8.11. The zero-order chi connectivity index (χ0) is 14.5. The molecule has 2 N–H and O–H groups in total. The third-order valence-electron chi connectivity index (χ3n) is 3.27. The van der Waals surface area contributed by atoms with E-state index in [0.29, 0.717) is 24.9 Å². The molecule has 0 aliphatic heterocycles. The van der Waals surface area contributed by atoms with E-state index in [1.54, 1.807) is 6.20 Å². The van der Waals surface area contributed by atoms with Gasteiger partial charge in [0.2, 0.25) is 5.89 Å². The average Bonchev–Trinajstić information content (AvgIpc) is 2.84. The monoisotopic (exact) mass is 274 g/mol. The van der Waals surface area contributed by atoms with Gasteiger partial charge in [-0.3, -0.25) is 0 Å². The van der Waals surface area contributed by atoms with Crippen molar-refractivity contribution in [3.8, 4) is 0 Å². The Bertz CT molecular complexity index is 532. The Balaban J connectivity index is 1.83. The molecule has 0 saturated heterocycles. The third-order valence-corrected chi connectivity index (χ3v) is 3.27. The number of aromatic nitrogens is 1. The van der Waals surface area contributed by atoms with Gasteiger partial charge >= 0.3 is 0 Å². The van der Waals surface area contributed by atoms with Crippen molar-refractivity contribution >= 4 is 0 Å². The van der Waals surface area contributed by atoms with Gasteiger partial charge in [0.15, 0.2) is 0 Å². The number of rotatable bonds is 6. The number of hydrogen-bond acceptors (Lipinski definition) is 4. The van der Waals surface area contributed by atoms with E-state index in [0.717, 1.165) is 11.3 Å². The molecule has 1 aromatic heterocycles. The van der Waals surface area contributed by atoms with Gasteiger partial charge in [-0.2, -0.15) is 0 Å². The van der Waals surface area contributed by atoms with Gasteiger partial charge in [-0.25, -0.2) is 4.98 Å². The minimum atomic E-state index is -0.521. The summed E-state index contributed by atoms with van der Waals surface area (Å²) in [5, 5.41) is 13.3. The van der Waals surface area contributed by atoms with Crippen LogP contribution in [0.3, 0.4) is 0 Å². The summed E-state index contributed by atoms with van der Waals surface area (Å²) < 4.78 is 5.36. The number of oxazole rings is 1. The molecule has 108 valence electrons. The SMILES string of the molecule is Cc1cnc(CNCC(O)c2ccc(C(C)C)cc2)o1. The lowest BCUT2D eigenvalue weighted by molar-refractivity contribution is 0.173. The molecule has 0 fully saturated rings. The largest absolute Gasteiger partial charge is 0.445 e. The molecule has 0 spiro atoms. The predicted octanol–water partition coefficient (Wildman–Crippen LogP) is 2.93. The van der Waals surface area contributed by atoms with Crippen molar-refractivity contribution in [2.45, 2.75) is 39.3 Å². The number of nitrogens with zero attached hydrogens (tertiary/aromatic N) is 1. The highest BCUT2D eigenvalue weighted by Crippen LogP contribution is 2.18. The summed E-state index contributed by atoms with van der Waals surface area (Å²) in [5.74, 6) is 1.95. The highest BCUT2D eigenvalue weighted by Gasteiger charge is 2.08. The highest BCUT2D eigenvalue weighted by atomic mass is 16.4. The van der Waals surface area contributed by atoms with Crippen LogP contribution >= 0.6 is 0 Å². The van der Waals surface area contributed by atoms with Gasteiger partial charge in [0.25, 0.3) is 0 Å². The van der Waals surface area contributed by atoms with Crippen molar-refractivity contribution in [3.05, 3.63) is 53.2 Å². The van der Waals surface area contributed by atoms with E-state index in [4.69, 9.17) is 4.42 Å². The fourth-order valence-corrected chi connectivity index (χ4v) is 2.02. The van der Waals surface area contributed by atoms with Crippen LogP contribution in [0.5, 0.6) is 0 Å². The van der Waals surface area contributed by atoms with Gasteiger partial charge in [-0.1, -0.05) is 38.1 Å². The van der Waals surface area contributed by atoms with Gasteiger partial charge in [-0.05, 0) is 24.0 Å². The van der Waals surface area contributed by atoms with Crippen molar-refractivity contribution in [2.24, 2.45) is 0 Å². The van der Waals surface area contributed by atoms with E-state index in [1.165, 1.54) is 5.56 Å². The minimum absolute atomic E-state index is 0.475. The average molecular weight is 274 g/mol. The van der Waals surface area contributed by atoms with Crippen LogP contribution in [0, 0.1) is 6.92 Å². The first-order valence-electron chi connectivity index (χ1n) is 6.96. The second kappa shape index (κ2) is 6.68. The lowest BCUT2D eigenvalue weighted by atomic mass is 10.00. The number of aliphatic hydroxyl groups is 1. The summed E-state index contributed by atoms with van der Waals surface area (Å²) in [6.45, 7) is 7.18. The lowest BCUT2D eigenvalue weighted by Gasteiger charge is -2.13. The van der Waals surface area contributed by atoms with Gasteiger partial charge in [0, 0.05) is 6.54 Å². The summed E-state index contributed by atoms with van der Waals surface area (Å²) >= 11 is 0. The van der Waals surface area contributed by atoms with Crippen LogP contribution in [-0.4, -0.2) is 16.6 Å². The number of aliphatic hydroxyl groups excluding tert-OH is 1. The van der Waals surface area contributed by atoms with Gasteiger partial charge in [0.05, 0.1) is 18.8 Å². The Morgan fingerprint density at radius 1 is 1.20 bits per heavy atom. The quantitative estimate of drug-likeness (QED) is 0.850. The zero-order valence-corrected chi connectivity index (χ0v) is 12.3. The van der Waals surface area contributed by atoms with Crippen molar-refractivity contribution < 1.29 is 9.52 Å². The maximum absolute atomic E-state index is 10.1. The summed E-state index contributed by atoms with van der Waals surface area (Å²) in [7, 11) is 0. The van der Waals surface area contributed by atoms with E-state index in [2.05, 4.69) is 36.3 Å². The second-order valence-electron chi connectivity index (χ2n) is 5.33. The van der Waals surface area contributed by atoms with Crippen LogP contribution in [0.2, 0.25) is 0 Å². The summed E-state index contributed by atoms with van der Waals surface area (Å²) in [4.78, 5) is 4.11. The van der Waals surface area contributed by atoms with Crippen LogP contribution in [0.1, 0.15) is 48.6 Å². The Kier molecular flexibility index (Phi) is 4.93. The molecule has 4 nitrogen and oxygen atoms in total. The standard InChI is InChI=1S/C16H22N2O2/c1-11(2)13-4-6-14(7-5-13)15(19)9-17-10-16-18-8-12(3)20-16/h4-8,11,15,17,19H,9-10H2,1-3H3. The number of aryl methyl sites for hydroxylation is 1. The normalized spacial score (nSPS) is 12.8. The van der Waals surface area contributed by atoms with E-state index < -0.39 is 6.10 Å². The number of nitrogens with one attached hydrogen (secondary N) is 1. The smallest absolute Gasteiger partial charge is 0.208 e. The second-order valence-corrected chi connectivity index (χ2v) is 5.33. The Labute approximate surface area is 119 Å². The molecule has 1 aromatic carbocycles. The molecule has 0 amide bonds. The van der Waals surface area contributed by atoms with Crippen LogP contribution in [0.15, 0.2) is 34.9 Å². The molecule has 0 aliphatic rings. The van der Waals surface area contributed by atoms with E-state index in [-0.39, 0.29) is 0 Å². The van der Waals surface area contributed by atoms with E-state index in [9.17, 15) is 5.11 Å². The van der Waals surface area contributed by atoms with Crippen molar-refractivity contribution in [1.29, 1.82) is 0 Å². The highest BCUT2D eigenvalue weighted by molar-refractivity contribution is 5.26. The first kappa shape index (κ1) is 14.8. The van der Waals surface area contributed by atoms with Crippen molar-refractivity contribution in [2.75, 3.05) is 6.54 Å². The zero-order valence-electron chi connectivity index (χ0n) is 12.3. The van der Waals surface area contributed by atoms with E-state index in [1.807, 2.05) is 19.1 Å². The molecule has 0 radical (unpaired) electrons. The predicted molar refractivity (Wildman–Crippen MR) is 78.4 cm³/mol. The minimum Gasteiger partial charge on any atom is -0.445 e. The molecule has 0 saturated carbocycles.